The topological polar surface area (TPSA) is 94.0 Å². The van der Waals surface area contributed by atoms with Crippen LogP contribution < -0.4 is 10.6 Å². The van der Waals surface area contributed by atoms with E-state index in [-0.39, 0.29) is 17.9 Å². The highest BCUT2D eigenvalue weighted by Crippen LogP contribution is 2.16. The fraction of sp³-hybridized carbons (Fsp3) is 0.385. The number of nitrogens with zero attached hydrogens (tertiary/aromatic N) is 4. The van der Waals surface area contributed by atoms with Crippen molar-refractivity contribution in [1.82, 2.24) is 25.1 Å². The van der Waals surface area contributed by atoms with E-state index >= 15 is 0 Å². The van der Waals surface area contributed by atoms with Gasteiger partial charge >= 0.3 is 0 Å². The number of carbonyl (C=O) groups is 1. The number of amides is 1. The lowest BCUT2D eigenvalue weighted by Gasteiger charge is -2.16. The summed E-state index contributed by atoms with van der Waals surface area (Å²) in [6.45, 7) is 0.986. The number of nitrogens with one attached hydrogen (secondary N) is 2. The van der Waals surface area contributed by atoms with Gasteiger partial charge in [0.1, 0.15) is 12.7 Å². The van der Waals surface area contributed by atoms with E-state index in [4.69, 9.17) is 4.74 Å². The summed E-state index contributed by atoms with van der Waals surface area (Å²) in [6, 6.07) is 3.60. The zero-order valence-corrected chi connectivity index (χ0v) is 11.6. The van der Waals surface area contributed by atoms with Gasteiger partial charge in [-0.2, -0.15) is 5.10 Å². The number of pyridine rings is 1. The molecule has 0 spiro atoms. The molecule has 2 unspecified atom stereocenters. The smallest absolute Gasteiger partial charge is 0.231 e. The molecule has 0 radical (unpaired) electrons. The molecular formula is C13H16N6O2. The third kappa shape index (κ3) is 2.91. The van der Waals surface area contributed by atoms with Crippen molar-refractivity contribution in [1.29, 1.82) is 0 Å². The molecule has 2 N–H and O–H groups in total. The summed E-state index contributed by atoms with van der Waals surface area (Å²) in [4.78, 5) is 20.3. The van der Waals surface area contributed by atoms with Crippen molar-refractivity contribution in [3.8, 4) is 5.82 Å². The van der Waals surface area contributed by atoms with E-state index in [1.54, 1.807) is 29.3 Å². The molecule has 1 amide bonds. The number of rotatable bonds is 4. The minimum atomic E-state index is -0.190. The standard InChI is InChI=1S/C13H16N6O2/c1-14-11-6-21-5-10(11)13(20)18-9-2-3-12(16-4-9)19-8-15-7-17-19/h2-4,7-8,10-11,14H,5-6H2,1H3,(H,18,20). The van der Waals surface area contributed by atoms with Crippen LogP contribution in [0.1, 0.15) is 0 Å². The molecule has 1 fully saturated rings. The molecule has 2 atom stereocenters. The van der Waals surface area contributed by atoms with Crippen molar-refractivity contribution in [2.24, 2.45) is 5.92 Å². The van der Waals surface area contributed by atoms with E-state index in [0.717, 1.165) is 0 Å². The molecular weight excluding hydrogens is 272 g/mol. The van der Waals surface area contributed by atoms with E-state index in [9.17, 15) is 4.79 Å². The van der Waals surface area contributed by atoms with Crippen molar-refractivity contribution >= 4 is 11.6 Å². The Labute approximate surface area is 121 Å². The molecule has 3 rings (SSSR count). The summed E-state index contributed by atoms with van der Waals surface area (Å²) in [5, 5.41) is 9.93. The van der Waals surface area contributed by atoms with Crippen molar-refractivity contribution in [3.05, 3.63) is 31.0 Å². The average molecular weight is 288 g/mol. The van der Waals surface area contributed by atoms with Crippen LogP contribution in [-0.4, -0.2) is 52.0 Å². The van der Waals surface area contributed by atoms with Gasteiger partial charge in [-0.05, 0) is 19.2 Å². The van der Waals surface area contributed by atoms with Crippen LogP contribution in [0.5, 0.6) is 0 Å². The Morgan fingerprint density at radius 1 is 1.43 bits per heavy atom. The molecule has 2 aromatic rings. The van der Waals surface area contributed by atoms with Gasteiger partial charge in [0.2, 0.25) is 5.91 Å². The van der Waals surface area contributed by atoms with Gasteiger partial charge in [0.15, 0.2) is 5.82 Å². The molecule has 1 saturated heterocycles. The molecule has 0 saturated carbocycles. The summed E-state index contributed by atoms with van der Waals surface area (Å²) in [5.41, 5.74) is 0.644. The molecule has 8 heteroatoms. The summed E-state index contributed by atoms with van der Waals surface area (Å²) in [7, 11) is 1.83. The molecule has 110 valence electrons. The minimum absolute atomic E-state index is 0.0485. The van der Waals surface area contributed by atoms with Crippen LogP contribution in [0.2, 0.25) is 0 Å². The highest BCUT2D eigenvalue weighted by Gasteiger charge is 2.32. The first-order valence-electron chi connectivity index (χ1n) is 6.65. The number of ether oxygens (including phenoxy) is 1. The number of carbonyl (C=O) groups excluding carboxylic acids is 1. The van der Waals surface area contributed by atoms with Gasteiger partial charge in [-0.3, -0.25) is 4.79 Å². The highest BCUT2D eigenvalue weighted by atomic mass is 16.5. The first kappa shape index (κ1) is 13.7. The van der Waals surface area contributed by atoms with E-state index < -0.39 is 0 Å². The van der Waals surface area contributed by atoms with Crippen molar-refractivity contribution in [3.63, 3.8) is 0 Å². The Kier molecular flexibility index (Phi) is 3.89. The van der Waals surface area contributed by atoms with Crippen LogP contribution in [0.15, 0.2) is 31.0 Å². The Bertz CT molecular complexity index is 598. The number of hydrogen-bond acceptors (Lipinski definition) is 6. The summed E-state index contributed by atoms with van der Waals surface area (Å²) in [6.07, 6.45) is 4.60. The summed E-state index contributed by atoms with van der Waals surface area (Å²) in [5.74, 6) is 0.384. The van der Waals surface area contributed by atoms with E-state index in [1.807, 2.05) is 7.05 Å². The Hall–Kier alpha value is -2.32. The number of likely N-dealkylation sites (N-methyl/N-ethyl adjacent to an activating group) is 1. The molecule has 1 aliphatic rings. The van der Waals surface area contributed by atoms with Gasteiger partial charge < -0.3 is 15.4 Å². The third-order valence-electron chi connectivity index (χ3n) is 3.46. The van der Waals surface area contributed by atoms with E-state index in [0.29, 0.717) is 24.7 Å². The lowest BCUT2D eigenvalue weighted by molar-refractivity contribution is -0.120. The van der Waals surface area contributed by atoms with Crippen LogP contribution in [0.4, 0.5) is 5.69 Å². The maximum atomic E-state index is 12.2. The number of anilines is 1. The van der Waals surface area contributed by atoms with Gasteiger partial charge in [-0.1, -0.05) is 0 Å². The predicted octanol–water partition coefficient (Wildman–Crippen LogP) is -0.165. The van der Waals surface area contributed by atoms with Crippen molar-refractivity contribution in [2.45, 2.75) is 6.04 Å². The third-order valence-corrected chi connectivity index (χ3v) is 3.46. The van der Waals surface area contributed by atoms with Gasteiger partial charge in [-0.25, -0.2) is 14.6 Å². The largest absolute Gasteiger partial charge is 0.379 e. The predicted molar refractivity (Wildman–Crippen MR) is 74.9 cm³/mol. The van der Waals surface area contributed by atoms with Gasteiger partial charge in [-0.15, -0.1) is 0 Å². The molecule has 0 aromatic carbocycles. The van der Waals surface area contributed by atoms with Crippen LogP contribution in [-0.2, 0) is 9.53 Å². The van der Waals surface area contributed by atoms with Crippen molar-refractivity contribution < 1.29 is 9.53 Å². The molecule has 2 aromatic heterocycles. The second-order valence-corrected chi connectivity index (χ2v) is 4.77. The van der Waals surface area contributed by atoms with E-state index in [1.165, 1.54) is 6.33 Å². The normalized spacial score (nSPS) is 21.4. The number of hydrogen-bond donors (Lipinski definition) is 2. The molecule has 0 aliphatic carbocycles. The first-order chi connectivity index (χ1) is 10.3. The Morgan fingerprint density at radius 2 is 2.33 bits per heavy atom. The highest BCUT2D eigenvalue weighted by molar-refractivity contribution is 5.93. The number of aromatic nitrogens is 4. The lowest BCUT2D eigenvalue weighted by Crippen LogP contribution is -2.39. The van der Waals surface area contributed by atoms with Gasteiger partial charge in [0.05, 0.1) is 31.0 Å². The second-order valence-electron chi connectivity index (χ2n) is 4.77. The molecule has 0 bridgehead atoms. The minimum Gasteiger partial charge on any atom is -0.379 e. The molecule has 3 heterocycles. The summed E-state index contributed by atoms with van der Waals surface area (Å²) < 4.78 is 6.88. The lowest BCUT2D eigenvalue weighted by atomic mass is 10.0. The van der Waals surface area contributed by atoms with Crippen LogP contribution >= 0.6 is 0 Å². The Morgan fingerprint density at radius 3 is 3.00 bits per heavy atom. The molecule has 8 nitrogen and oxygen atoms in total. The van der Waals surface area contributed by atoms with Crippen molar-refractivity contribution in [2.75, 3.05) is 25.6 Å². The average Bonchev–Trinajstić information content (AvgIpc) is 3.19. The molecule has 21 heavy (non-hydrogen) atoms. The molecule has 1 aliphatic heterocycles. The van der Waals surface area contributed by atoms with Gasteiger partial charge in [0, 0.05) is 6.04 Å². The fourth-order valence-corrected chi connectivity index (χ4v) is 2.25. The van der Waals surface area contributed by atoms with Crippen LogP contribution in [0, 0.1) is 5.92 Å². The van der Waals surface area contributed by atoms with Crippen LogP contribution in [0.3, 0.4) is 0 Å². The Balaban J connectivity index is 1.66. The monoisotopic (exact) mass is 288 g/mol. The first-order valence-corrected chi connectivity index (χ1v) is 6.65. The summed E-state index contributed by atoms with van der Waals surface area (Å²) >= 11 is 0. The zero-order valence-electron chi connectivity index (χ0n) is 11.6. The SMILES string of the molecule is CNC1COCC1C(=O)Nc1ccc(-n2cncn2)nc1. The van der Waals surface area contributed by atoms with Crippen LogP contribution in [0.25, 0.3) is 5.82 Å². The quantitative estimate of drug-likeness (QED) is 0.811. The second kappa shape index (κ2) is 5.98. The zero-order chi connectivity index (χ0) is 14.7. The maximum absolute atomic E-state index is 12.2. The maximum Gasteiger partial charge on any atom is 0.231 e. The van der Waals surface area contributed by atoms with E-state index in [2.05, 4.69) is 25.7 Å². The fourth-order valence-electron chi connectivity index (χ4n) is 2.25. The van der Waals surface area contributed by atoms with Gasteiger partial charge in [0.25, 0.3) is 0 Å².